The molecule has 1 aliphatic heterocycles. The van der Waals surface area contributed by atoms with Crippen molar-refractivity contribution >= 4 is 23.4 Å². The van der Waals surface area contributed by atoms with E-state index in [2.05, 4.69) is 27.7 Å². The van der Waals surface area contributed by atoms with Gasteiger partial charge in [-0.3, -0.25) is 4.79 Å². The summed E-state index contributed by atoms with van der Waals surface area (Å²) >= 11 is 2.05. The van der Waals surface area contributed by atoms with E-state index in [4.69, 9.17) is 0 Å². The van der Waals surface area contributed by atoms with Crippen molar-refractivity contribution in [3.63, 3.8) is 0 Å². The second-order valence-corrected chi connectivity index (χ2v) is 6.88. The molecule has 0 bridgehead atoms. The van der Waals surface area contributed by atoms with Crippen molar-refractivity contribution in [2.75, 3.05) is 50.0 Å². The maximum absolute atomic E-state index is 11.8. The molecule has 0 unspecified atom stereocenters. The first kappa shape index (κ1) is 17.3. The molecule has 1 aliphatic rings. The Morgan fingerprint density at radius 2 is 1.95 bits per heavy atom. The Bertz CT molecular complexity index is 444. The van der Waals surface area contributed by atoms with E-state index in [9.17, 15) is 4.79 Å². The zero-order valence-corrected chi connectivity index (χ0v) is 14.3. The summed E-state index contributed by atoms with van der Waals surface area (Å²) < 4.78 is 0. The number of rotatable bonds is 8. The van der Waals surface area contributed by atoms with Crippen molar-refractivity contribution in [3.05, 3.63) is 29.8 Å². The van der Waals surface area contributed by atoms with Crippen LogP contribution in [0.1, 0.15) is 18.4 Å². The fourth-order valence-corrected chi connectivity index (χ4v) is 3.49. The van der Waals surface area contributed by atoms with Crippen LogP contribution >= 0.6 is 11.8 Å². The molecular weight excluding hydrogens is 294 g/mol. The molecule has 1 aromatic rings. The Morgan fingerprint density at radius 3 is 2.64 bits per heavy atom. The van der Waals surface area contributed by atoms with E-state index in [1.165, 1.54) is 30.2 Å². The zero-order valence-electron chi connectivity index (χ0n) is 13.4. The lowest BCUT2D eigenvalue weighted by Crippen LogP contribution is -2.34. The van der Waals surface area contributed by atoms with Crippen LogP contribution in [0.25, 0.3) is 0 Å². The Morgan fingerprint density at radius 1 is 1.23 bits per heavy atom. The van der Waals surface area contributed by atoms with Gasteiger partial charge in [0.1, 0.15) is 0 Å². The molecular formula is C17H27N3OS. The molecule has 2 N–H and O–H groups in total. The standard InChI is InChI=1S/C17H27N3OS/c1-18-9-2-3-17(21)19-16-6-4-15(5-7-16)8-10-20-11-13-22-14-12-20/h4-7,18H,2-3,8-14H2,1H3,(H,19,21). The molecule has 4 nitrogen and oxygen atoms in total. The average molecular weight is 321 g/mol. The lowest BCUT2D eigenvalue weighted by Gasteiger charge is -2.26. The second-order valence-electron chi connectivity index (χ2n) is 5.66. The zero-order chi connectivity index (χ0) is 15.6. The van der Waals surface area contributed by atoms with Crippen molar-refractivity contribution in [2.24, 2.45) is 0 Å². The van der Waals surface area contributed by atoms with Crippen molar-refractivity contribution in [1.82, 2.24) is 10.2 Å². The van der Waals surface area contributed by atoms with E-state index in [1.807, 2.05) is 30.9 Å². The van der Waals surface area contributed by atoms with E-state index < -0.39 is 0 Å². The first-order valence-corrected chi connectivity index (χ1v) is 9.27. The number of carbonyl (C=O) groups is 1. The molecule has 0 aliphatic carbocycles. The quantitative estimate of drug-likeness (QED) is 0.721. The van der Waals surface area contributed by atoms with Crippen LogP contribution in [-0.2, 0) is 11.2 Å². The van der Waals surface area contributed by atoms with Gasteiger partial charge in [-0.1, -0.05) is 12.1 Å². The minimum absolute atomic E-state index is 0.0915. The van der Waals surface area contributed by atoms with Crippen molar-refractivity contribution in [2.45, 2.75) is 19.3 Å². The molecule has 1 heterocycles. The third-order valence-corrected chi connectivity index (χ3v) is 4.83. The number of hydrogen-bond donors (Lipinski definition) is 2. The number of anilines is 1. The van der Waals surface area contributed by atoms with Crippen molar-refractivity contribution in [3.8, 4) is 0 Å². The largest absolute Gasteiger partial charge is 0.326 e. The highest BCUT2D eigenvalue weighted by molar-refractivity contribution is 7.99. The minimum Gasteiger partial charge on any atom is -0.326 e. The monoisotopic (exact) mass is 321 g/mol. The lowest BCUT2D eigenvalue weighted by atomic mass is 10.1. The average Bonchev–Trinajstić information content (AvgIpc) is 2.55. The van der Waals surface area contributed by atoms with E-state index >= 15 is 0 Å². The Balaban J connectivity index is 1.71. The van der Waals surface area contributed by atoms with Gasteiger partial charge in [0.2, 0.25) is 5.91 Å². The molecule has 0 radical (unpaired) electrons. The summed E-state index contributed by atoms with van der Waals surface area (Å²) in [6.07, 6.45) is 2.52. The third-order valence-electron chi connectivity index (χ3n) is 3.89. The highest BCUT2D eigenvalue weighted by Gasteiger charge is 2.09. The van der Waals surface area contributed by atoms with E-state index in [1.54, 1.807) is 0 Å². The van der Waals surface area contributed by atoms with Gasteiger partial charge in [-0.05, 0) is 44.1 Å². The first-order valence-electron chi connectivity index (χ1n) is 8.11. The van der Waals surface area contributed by atoms with E-state index in [0.717, 1.165) is 31.6 Å². The van der Waals surface area contributed by atoms with Crippen LogP contribution in [-0.4, -0.2) is 55.5 Å². The Kier molecular flexibility index (Phi) is 7.77. The molecule has 0 aromatic heterocycles. The van der Waals surface area contributed by atoms with Crippen LogP contribution in [0.15, 0.2) is 24.3 Å². The Hall–Kier alpha value is -1.04. The van der Waals surface area contributed by atoms with Gasteiger partial charge in [-0.25, -0.2) is 0 Å². The summed E-state index contributed by atoms with van der Waals surface area (Å²) in [5.41, 5.74) is 2.24. The normalized spacial score (nSPS) is 15.7. The van der Waals surface area contributed by atoms with Crippen LogP contribution in [0, 0.1) is 0 Å². The van der Waals surface area contributed by atoms with Crippen LogP contribution in [0.3, 0.4) is 0 Å². The van der Waals surface area contributed by atoms with Gasteiger partial charge < -0.3 is 15.5 Å². The minimum atomic E-state index is 0.0915. The van der Waals surface area contributed by atoms with Gasteiger partial charge in [-0.2, -0.15) is 11.8 Å². The topological polar surface area (TPSA) is 44.4 Å². The summed E-state index contributed by atoms with van der Waals surface area (Å²) in [4.78, 5) is 14.3. The highest BCUT2D eigenvalue weighted by atomic mass is 32.2. The number of nitrogens with one attached hydrogen (secondary N) is 2. The molecule has 22 heavy (non-hydrogen) atoms. The number of hydrogen-bond acceptors (Lipinski definition) is 4. The molecule has 0 spiro atoms. The molecule has 0 atom stereocenters. The second kappa shape index (κ2) is 9.87. The molecule has 1 saturated heterocycles. The SMILES string of the molecule is CNCCCC(=O)Nc1ccc(CCN2CCSCC2)cc1. The summed E-state index contributed by atoms with van der Waals surface area (Å²) in [6, 6.07) is 8.28. The highest BCUT2D eigenvalue weighted by Crippen LogP contribution is 2.13. The number of thioether (sulfide) groups is 1. The van der Waals surface area contributed by atoms with E-state index in [-0.39, 0.29) is 5.91 Å². The number of benzene rings is 1. The fourth-order valence-electron chi connectivity index (χ4n) is 2.52. The molecule has 5 heteroatoms. The van der Waals surface area contributed by atoms with Gasteiger partial charge >= 0.3 is 0 Å². The van der Waals surface area contributed by atoms with Gasteiger partial charge in [0.15, 0.2) is 0 Å². The first-order chi connectivity index (χ1) is 10.8. The molecule has 122 valence electrons. The molecule has 1 amide bonds. The van der Waals surface area contributed by atoms with Gasteiger partial charge in [0.25, 0.3) is 0 Å². The Labute approximate surface area is 138 Å². The maximum atomic E-state index is 11.8. The molecule has 1 aromatic carbocycles. The van der Waals surface area contributed by atoms with Gasteiger partial charge in [-0.15, -0.1) is 0 Å². The predicted octanol–water partition coefficient (Wildman–Crippen LogP) is 2.22. The van der Waals surface area contributed by atoms with Crippen LogP contribution < -0.4 is 10.6 Å². The summed E-state index contributed by atoms with van der Waals surface area (Å²) in [5, 5.41) is 6.00. The number of carbonyl (C=O) groups excluding carboxylic acids is 1. The smallest absolute Gasteiger partial charge is 0.224 e. The third kappa shape index (κ3) is 6.38. The summed E-state index contributed by atoms with van der Waals surface area (Å²) in [5.74, 6) is 2.62. The van der Waals surface area contributed by atoms with Crippen LogP contribution in [0.4, 0.5) is 5.69 Å². The molecule has 1 fully saturated rings. The number of nitrogens with zero attached hydrogens (tertiary/aromatic N) is 1. The van der Waals surface area contributed by atoms with Gasteiger partial charge in [0.05, 0.1) is 0 Å². The van der Waals surface area contributed by atoms with Crippen molar-refractivity contribution < 1.29 is 4.79 Å². The van der Waals surface area contributed by atoms with Crippen LogP contribution in [0.5, 0.6) is 0 Å². The maximum Gasteiger partial charge on any atom is 0.224 e. The lowest BCUT2D eigenvalue weighted by molar-refractivity contribution is -0.116. The van der Waals surface area contributed by atoms with Crippen molar-refractivity contribution in [1.29, 1.82) is 0 Å². The predicted molar refractivity (Wildman–Crippen MR) is 95.7 cm³/mol. The fraction of sp³-hybridized carbons (Fsp3) is 0.588. The van der Waals surface area contributed by atoms with E-state index in [0.29, 0.717) is 6.42 Å². The summed E-state index contributed by atoms with van der Waals surface area (Å²) in [7, 11) is 1.90. The van der Waals surface area contributed by atoms with Crippen LogP contribution in [0.2, 0.25) is 0 Å². The van der Waals surface area contributed by atoms with Gasteiger partial charge in [0, 0.05) is 43.2 Å². The number of amides is 1. The molecule has 2 rings (SSSR count). The molecule has 0 saturated carbocycles. The summed E-state index contributed by atoms with van der Waals surface area (Å²) in [6.45, 7) is 4.44.